The lowest BCUT2D eigenvalue weighted by Gasteiger charge is -2.57. The summed E-state index contributed by atoms with van der Waals surface area (Å²) in [6, 6.07) is 5.68. The van der Waals surface area contributed by atoms with Crippen LogP contribution in [0.15, 0.2) is 18.2 Å². The highest BCUT2D eigenvalue weighted by Gasteiger charge is 2.50. The molecular formula is C18H23NO2. The molecule has 0 aromatic heterocycles. The minimum atomic E-state index is -0.839. The van der Waals surface area contributed by atoms with Gasteiger partial charge in [0.15, 0.2) is 0 Å². The lowest BCUT2D eigenvalue weighted by atomic mass is 9.53. The number of benzene rings is 1. The molecule has 0 heterocycles. The highest BCUT2D eigenvalue weighted by atomic mass is 16.4. The average molecular weight is 285 g/mol. The van der Waals surface area contributed by atoms with Crippen LogP contribution in [-0.2, 0) is 0 Å². The highest BCUT2D eigenvalue weighted by Crippen LogP contribution is 2.56. The SMILES string of the molecule is Cc1cc(NC23CC4CC(CC(C4)C2)C3)ccc1C(=O)O. The van der Waals surface area contributed by atoms with Gasteiger partial charge in [0, 0.05) is 11.2 Å². The van der Waals surface area contributed by atoms with Crippen LogP contribution in [0.5, 0.6) is 0 Å². The highest BCUT2D eigenvalue weighted by molar-refractivity contribution is 5.89. The quantitative estimate of drug-likeness (QED) is 0.880. The Balaban J connectivity index is 1.58. The molecule has 2 N–H and O–H groups in total. The van der Waals surface area contributed by atoms with E-state index >= 15 is 0 Å². The van der Waals surface area contributed by atoms with E-state index < -0.39 is 5.97 Å². The molecule has 112 valence electrons. The Labute approximate surface area is 125 Å². The normalized spacial score (nSPS) is 36.7. The second-order valence-corrected chi connectivity index (χ2v) is 7.66. The zero-order valence-electron chi connectivity index (χ0n) is 12.6. The predicted octanol–water partition coefficient (Wildman–Crippen LogP) is 4.07. The summed E-state index contributed by atoms with van der Waals surface area (Å²) in [5.41, 5.74) is 2.63. The molecule has 0 amide bonds. The molecule has 3 nitrogen and oxygen atoms in total. The average Bonchev–Trinajstić information content (AvgIpc) is 2.35. The first-order valence-corrected chi connectivity index (χ1v) is 8.15. The van der Waals surface area contributed by atoms with Gasteiger partial charge in [0.05, 0.1) is 5.56 Å². The van der Waals surface area contributed by atoms with Crippen LogP contribution in [0.3, 0.4) is 0 Å². The zero-order chi connectivity index (χ0) is 14.6. The Hall–Kier alpha value is -1.51. The molecule has 4 saturated carbocycles. The van der Waals surface area contributed by atoms with Crippen molar-refractivity contribution in [1.82, 2.24) is 0 Å². The molecule has 5 rings (SSSR count). The summed E-state index contributed by atoms with van der Waals surface area (Å²) in [6.07, 6.45) is 8.24. The molecule has 0 saturated heterocycles. The fourth-order valence-electron chi connectivity index (χ4n) is 5.55. The largest absolute Gasteiger partial charge is 0.478 e. The maximum absolute atomic E-state index is 11.1. The van der Waals surface area contributed by atoms with Crippen molar-refractivity contribution in [3.8, 4) is 0 Å². The smallest absolute Gasteiger partial charge is 0.335 e. The summed E-state index contributed by atoms with van der Waals surface area (Å²) >= 11 is 0. The second kappa shape index (κ2) is 4.49. The van der Waals surface area contributed by atoms with Gasteiger partial charge in [-0.2, -0.15) is 0 Å². The first-order chi connectivity index (χ1) is 10.0. The third-order valence-electron chi connectivity index (χ3n) is 5.90. The van der Waals surface area contributed by atoms with Gasteiger partial charge in [0.1, 0.15) is 0 Å². The van der Waals surface area contributed by atoms with Crippen LogP contribution in [0, 0.1) is 24.7 Å². The number of anilines is 1. The number of hydrogen-bond donors (Lipinski definition) is 2. The maximum Gasteiger partial charge on any atom is 0.335 e. The minimum Gasteiger partial charge on any atom is -0.478 e. The molecule has 4 aliphatic carbocycles. The van der Waals surface area contributed by atoms with Gasteiger partial charge in [-0.1, -0.05) is 0 Å². The number of aromatic carboxylic acids is 1. The van der Waals surface area contributed by atoms with Crippen molar-refractivity contribution in [3.63, 3.8) is 0 Å². The Morgan fingerprint density at radius 2 is 1.71 bits per heavy atom. The van der Waals surface area contributed by atoms with Crippen LogP contribution >= 0.6 is 0 Å². The lowest BCUT2D eigenvalue weighted by Crippen LogP contribution is -2.54. The molecule has 4 aliphatic rings. The number of aryl methyl sites for hydroxylation is 1. The Kier molecular flexibility index (Phi) is 2.82. The monoisotopic (exact) mass is 285 g/mol. The maximum atomic E-state index is 11.1. The molecule has 4 bridgehead atoms. The van der Waals surface area contributed by atoms with E-state index in [1.807, 2.05) is 19.1 Å². The molecular weight excluding hydrogens is 262 g/mol. The fraction of sp³-hybridized carbons (Fsp3) is 0.611. The van der Waals surface area contributed by atoms with E-state index in [1.54, 1.807) is 6.07 Å². The second-order valence-electron chi connectivity index (χ2n) is 7.66. The number of hydrogen-bond acceptors (Lipinski definition) is 2. The van der Waals surface area contributed by atoms with E-state index in [9.17, 15) is 4.79 Å². The summed E-state index contributed by atoms with van der Waals surface area (Å²) in [6.45, 7) is 1.88. The number of rotatable bonds is 3. The molecule has 21 heavy (non-hydrogen) atoms. The van der Waals surface area contributed by atoms with Crippen molar-refractivity contribution >= 4 is 11.7 Å². The topological polar surface area (TPSA) is 49.3 Å². The van der Waals surface area contributed by atoms with Crippen molar-refractivity contribution < 1.29 is 9.90 Å². The van der Waals surface area contributed by atoms with Gasteiger partial charge in [0.2, 0.25) is 0 Å². The molecule has 4 fully saturated rings. The number of carboxylic acids is 1. The molecule has 3 heteroatoms. The summed E-state index contributed by atoms with van der Waals surface area (Å²) in [4.78, 5) is 11.1. The summed E-state index contributed by atoms with van der Waals surface area (Å²) < 4.78 is 0. The predicted molar refractivity (Wildman–Crippen MR) is 82.7 cm³/mol. The van der Waals surface area contributed by atoms with Crippen molar-refractivity contribution in [2.24, 2.45) is 17.8 Å². The summed E-state index contributed by atoms with van der Waals surface area (Å²) in [7, 11) is 0. The lowest BCUT2D eigenvalue weighted by molar-refractivity contribution is 0.0107. The molecule has 0 aliphatic heterocycles. The van der Waals surface area contributed by atoms with E-state index in [0.29, 0.717) is 5.56 Å². The number of nitrogens with one attached hydrogen (secondary N) is 1. The Morgan fingerprint density at radius 1 is 1.14 bits per heavy atom. The zero-order valence-corrected chi connectivity index (χ0v) is 12.6. The molecule has 0 spiro atoms. The van der Waals surface area contributed by atoms with E-state index in [1.165, 1.54) is 38.5 Å². The van der Waals surface area contributed by atoms with Crippen molar-refractivity contribution in [2.75, 3.05) is 5.32 Å². The van der Waals surface area contributed by atoms with Crippen LogP contribution in [0.4, 0.5) is 5.69 Å². The third kappa shape index (κ3) is 2.23. The molecule has 0 atom stereocenters. The van der Waals surface area contributed by atoms with E-state index in [0.717, 1.165) is 29.0 Å². The number of carbonyl (C=O) groups is 1. The minimum absolute atomic E-state index is 0.284. The van der Waals surface area contributed by atoms with Gasteiger partial charge < -0.3 is 10.4 Å². The van der Waals surface area contributed by atoms with Gasteiger partial charge in [0.25, 0.3) is 0 Å². The van der Waals surface area contributed by atoms with Gasteiger partial charge in [-0.15, -0.1) is 0 Å². The Bertz CT molecular complexity index is 558. The van der Waals surface area contributed by atoms with Crippen molar-refractivity contribution in [2.45, 2.75) is 51.0 Å². The van der Waals surface area contributed by atoms with Crippen molar-refractivity contribution in [1.29, 1.82) is 0 Å². The summed E-state index contributed by atoms with van der Waals surface area (Å²) in [5, 5.41) is 12.9. The molecule has 1 aromatic rings. The molecule has 1 aromatic carbocycles. The standard InChI is InChI=1S/C18H23NO2/c1-11-4-15(2-3-16(11)17(20)21)19-18-8-12-5-13(9-18)7-14(6-12)10-18/h2-4,12-14,19H,5-10H2,1H3,(H,20,21). The number of carboxylic acid groups (broad SMARTS) is 1. The fourth-order valence-corrected chi connectivity index (χ4v) is 5.55. The Morgan fingerprint density at radius 3 is 2.19 bits per heavy atom. The van der Waals surface area contributed by atoms with Crippen LogP contribution in [0.25, 0.3) is 0 Å². The van der Waals surface area contributed by atoms with Gasteiger partial charge in [-0.05, 0) is 87.0 Å². The third-order valence-corrected chi connectivity index (χ3v) is 5.90. The first kappa shape index (κ1) is 13.2. The van der Waals surface area contributed by atoms with Gasteiger partial charge in [-0.3, -0.25) is 0 Å². The van der Waals surface area contributed by atoms with Crippen molar-refractivity contribution in [3.05, 3.63) is 29.3 Å². The van der Waals surface area contributed by atoms with E-state index in [4.69, 9.17) is 5.11 Å². The van der Waals surface area contributed by atoms with E-state index in [2.05, 4.69) is 5.32 Å². The molecule has 0 unspecified atom stereocenters. The van der Waals surface area contributed by atoms with Gasteiger partial charge in [-0.25, -0.2) is 4.79 Å². The van der Waals surface area contributed by atoms with Crippen LogP contribution < -0.4 is 5.32 Å². The van der Waals surface area contributed by atoms with E-state index in [-0.39, 0.29) is 5.54 Å². The van der Waals surface area contributed by atoms with Crippen LogP contribution in [0.1, 0.15) is 54.4 Å². The first-order valence-electron chi connectivity index (χ1n) is 8.15. The van der Waals surface area contributed by atoms with Crippen LogP contribution in [0.2, 0.25) is 0 Å². The summed E-state index contributed by atoms with van der Waals surface area (Å²) in [5.74, 6) is 1.92. The van der Waals surface area contributed by atoms with Gasteiger partial charge >= 0.3 is 5.97 Å². The van der Waals surface area contributed by atoms with Crippen LogP contribution in [-0.4, -0.2) is 16.6 Å². The molecule has 0 radical (unpaired) electrons.